The lowest BCUT2D eigenvalue weighted by Crippen LogP contribution is -2.67. The van der Waals surface area contributed by atoms with Crippen molar-refractivity contribution in [2.75, 3.05) is 13.2 Å². The highest BCUT2D eigenvalue weighted by molar-refractivity contribution is 5.76. The van der Waals surface area contributed by atoms with Crippen molar-refractivity contribution in [3.05, 3.63) is 11.6 Å². The van der Waals surface area contributed by atoms with Gasteiger partial charge in [0.15, 0.2) is 12.6 Å². The van der Waals surface area contributed by atoms with Gasteiger partial charge in [0.05, 0.1) is 29.8 Å². The van der Waals surface area contributed by atoms with Crippen LogP contribution in [0.3, 0.4) is 0 Å². The lowest BCUT2D eigenvalue weighted by molar-refractivity contribution is -0.360. The summed E-state index contributed by atoms with van der Waals surface area (Å²) < 4.78 is 29.2. The molecule has 0 unspecified atom stereocenters. The number of carbonyl (C=O) groups excluding carboxylic acids is 1. The van der Waals surface area contributed by atoms with Crippen LogP contribution >= 0.6 is 0 Å². The predicted octanol–water partition coefficient (Wildman–Crippen LogP) is 2.18. The van der Waals surface area contributed by atoms with Crippen LogP contribution < -0.4 is 0 Å². The molecule has 15 heteroatoms. The summed E-state index contributed by atoms with van der Waals surface area (Å²) in [4.78, 5) is 24.9. The number of fused-ring (bicyclic) bond motifs is 7. The molecule has 7 rings (SSSR count). The Labute approximate surface area is 341 Å². The van der Waals surface area contributed by atoms with E-state index in [0.717, 1.165) is 32.1 Å². The summed E-state index contributed by atoms with van der Waals surface area (Å²) in [6, 6.07) is 0. The first-order chi connectivity index (χ1) is 27.0. The van der Waals surface area contributed by atoms with Gasteiger partial charge >= 0.3 is 11.9 Å². The number of hydrogen-bond acceptors (Lipinski definition) is 14. The quantitative estimate of drug-likeness (QED) is 0.129. The van der Waals surface area contributed by atoms with E-state index in [0.29, 0.717) is 32.1 Å². The average molecular weight is 825 g/mol. The zero-order valence-corrected chi connectivity index (χ0v) is 35.1. The van der Waals surface area contributed by atoms with E-state index in [2.05, 4.69) is 26.8 Å². The van der Waals surface area contributed by atoms with E-state index in [-0.39, 0.29) is 40.6 Å². The number of carboxylic acids is 1. The van der Waals surface area contributed by atoms with Crippen LogP contribution in [0, 0.1) is 44.8 Å². The Morgan fingerprint density at radius 1 is 0.810 bits per heavy atom. The van der Waals surface area contributed by atoms with Gasteiger partial charge < -0.3 is 64.5 Å². The smallest absolute Gasteiger partial charge is 0.310 e. The topological polar surface area (TPSA) is 242 Å². The van der Waals surface area contributed by atoms with Gasteiger partial charge in [-0.3, -0.25) is 9.59 Å². The van der Waals surface area contributed by atoms with Gasteiger partial charge in [0, 0.05) is 12.3 Å². The third-order valence-electron chi connectivity index (χ3n) is 17.3. The number of aliphatic carboxylic acids is 1. The maximum absolute atomic E-state index is 13.0. The fourth-order valence-corrected chi connectivity index (χ4v) is 13.5. The van der Waals surface area contributed by atoms with Gasteiger partial charge in [-0.15, -0.1) is 0 Å². The average Bonchev–Trinajstić information content (AvgIpc) is 3.15. The molecule has 0 radical (unpaired) electrons. The van der Waals surface area contributed by atoms with Crippen molar-refractivity contribution in [1.29, 1.82) is 0 Å². The Morgan fingerprint density at radius 2 is 1.48 bits per heavy atom. The molecule has 2 saturated heterocycles. The van der Waals surface area contributed by atoms with Crippen molar-refractivity contribution in [3.8, 4) is 0 Å². The van der Waals surface area contributed by atoms with Crippen LogP contribution in [0.2, 0.25) is 0 Å². The molecule has 7 aliphatic rings. The van der Waals surface area contributed by atoms with Crippen LogP contribution in [-0.2, 0) is 33.3 Å². The minimum absolute atomic E-state index is 0.00947. The molecule has 8 N–H and O–H groups in total. The van der Waals surface area contributed by atoms with Gasteiger partial charge in [-0.05, 0) is 112 Å². The molecule has 4 saturated carbocycles. The van der Waals surface area contributed by atoms with Crippen LogP contribution in [0.25, 0.3) is 0 Å². The van der Waals surface area contributed by atoms with Crippen LogP contribution in [0.5, 0.6) is 0 Å². The lowest BCUT2D eigenvalue weighted by atomic mass is 9.33. The summed E-state index contributed by atoms with van der Waals surface area (Å²) in [6.45, 7) is 13.1. The summed E-state index contributed by atoms with van der Waals surface area (Å²) >= 11 is 0. The zero-order valence-electron chi connectivity index (χ0n) is 35.1. The highest BCUT2D eigenvalue weighted by Crippen LogP contribution is 2.75. The summed E-state index contributed by atoms with van der Waals surface area (Å²) in [7, 11) is 0. The standard InChI is InChI=1S/C43H68O15/c1-21-29(46)30(47)32(49)36(56-21)58-34-25(19-54-22(2)44)57-35(33(50)31(34)48)55-20-40(5)26-10-13-42(7)27(39(26,4)12-11-28(40)45)9-8-23-24-18-38(3,53)14-16-43(24,37(51)52)17-15-41(23,42)6/h8,21,24-36,45-50,53H,9-20H2,1-7H3,(H,51,52)/t21-,24-,25+,26+,27+,28-,29-,30+,31+,32+,33+,34+,35+,36-,38+,39-,40+,41+,42+,43-/m0/s1. The molecular formula is C43H68O15. The molecule has 2 aliphatic heterocycles. The number of allylic oxidation sites excluding steroid dienone is 2. The van der Waals surface area contributed by atoms with Crippen LogP contribution in [0.1, 0.15) is 113 Å². The number of aliphatic hydroxyl groups is 7. The first-order valence-electron chi connectivity index (χ1n) is 21.4. The van der Waals surface area contributed by atoms with Gasteiger partial charge in [-0.1, -0.05) is 39.3 Å². The van der Waals surface area contributed by atoms with Gasteiger partial charge in [0.1, 0.15) is 49.3 Å². The SMILES string of the molecule is CC(=O)OC[C@H]1O[C@@H](OC[C@]2(C)[C@@H]3CC[C@]4(C)[C@H](CC=C5[C@@H]6C[C@](C)(O)CC[C@]6(C(=O)O)CC[C@]54C)[C@@]3(C)CC[C@@H]2O)[C@H](O)[C@@H](O)[C@@H]1O[C@@H]1O[C@@H](C)[C@H](O)[C@@H](O)[C@H]1O. The van der Waals surface area contributed by atoms with E-state index in [1.165, 1.54) is 19.4 Å². The minimum atomic E-state index is -1.70. The summed E-state index contributed by atoms with van der Waals surface area (Å²) in [5.74, 6) is -1.43. The molecule has 58 heavy (non-hydrogen) atoms. The van der Waals surface area contributed by atoms with Gasteiger partial charge in [-0.25, -0.2) is 0 Å². The summed E-state index contributed by atoms with van der Waals surface area (Å²) in [5, 5.41) is 87.6. The molecule has 20 atom stereocenters. The molecular weight excluding hydrogens is 756 g/mol. The Morgan fingerprint density at radius 3 is 2.16 bits per heavy atom. The zero-order chi connectivity index (χ0) is 42.5. The second-order valence-corrected chi connectivity index (χ2v) is 20.5. The third kappa shape index (κ3) is 6.81. The summed E-state index contributed by atoms with van der Waals surface area (Å²) in [6.07, 6.45) is -6.61. The van der Waals surface area contributed by atoms with Crippen LogP contribution in [0.4, 0.5) is 0 Å². The molecule has 2 heterocycles. The van der Waals surface area contributed by atoms with E-state index in [1.54, 1.807) is 0 Å². The molecule has 0 spiro atoms. The molecule has 5 aliphatic carbocycles. The van der Waals surface area contributed by atoms with Gasteiger partial charge in [0.2, 0.25) is 0 Å². The minimum Gasteiger partial charge on any atom is -0.481 e. The fraction of sp³-hybridized carbons (Fsp3) is 0.907. The normalized spacial score (nSPS) is 54.2. The van der Waals surface area contributed by atoms with Crippen molar-refractivity contribution in [2.45, 2.75) is 186 Å². The Hall–Kier alpha value is -1.76. The molecule has 6 fully saturated rings. The third-order valence-corrected chi connectivity index (χ3v) is 17.3. The number of carboxylic acid groups (broad SMARTS) is 1. The molecule has 330 valence electrons. The van der Waals surface area contributed by atoms with Crippen LogP contribution in [0.15, 0.2) is 11.6 Å². The first kappa shape index (κ1) is 44.3. The molecule has 15 nitrogen and oxygen atoms in total. The molecule has 0 amide bonds. The Bertz CT molecular complexity index is 1600. The number of ether oxygens (including phenoxy) is 5. The number of rotatable bonds is 8. The number of esters is 1. The lowest BCUT2D eigenvalue weighted by Gasteiger charge is -2.71. The first-order valence-corrected chi connectivity index (χ1v) is 21.4. The molecule has 0 aromatic carbocycles. The molecule has 0 aromatic rings. The van der Waals surface area contributed by atoms with Crippen molar-refractivity contribution in [2.24, 2.45) is 44.8 Å². The number of carbonyl (C=O) groups is 2. The van der Waals surface area contributed by atoms with Crippen molar-refractivity contribution < 1.29 is 74.1 Å². The van der Waals surface area contributed by atoms with Crippen molar-refractivity contribution in [3.63, 3.8) is 0 Å². The Kier molecular flexibility index (Phi) is 11.6. The van der Waals surface area contributed by atoms with Crippen molar-refractivity contribution in [1.82, 2.24) is 0 Å². The second-order valence-electron chi connectivity index (χ2n) is 20.5. The number of hydrogen-bond donors (Lipinski definition) is 8. The Balaban J connectivity index is 1.11. The van der Waals surface area contributed by atoms with Gasteiger partial charge in [-0.2, -0.15) is 0 Å². The summed E-state index contributed by atoms with van der Waals surface area (Å²) in [5.41, 5.74) is -2.09. The van der Waals surface area contributed by atoms with E-state index in [1.807, 2.05) is 13.8 Å². The van der Waals surface area contributed by atoms with E-state index >= 15 is 0 Å². The van der Waals surface area contributed by atoms with Crippen molar-refractivity contribution >= 4 is 11.9 Å². The van der Waals surface area contributed by atoms with E-state index in [9.17, 15) is 50.4 Å². The van der Waals surface area contributed by atoms with Crippen LogP contribution in [-0.4, -0.2) is 139 Å². The largest absolute Gasteiger partial charge is 0.481 e. The highest BCUT2D eigenvalue weighted by atomic mass is 16.7. The number of aliphatic hydroxyl groups excluding tert-OH is 6. The fourth-order valence-electron chi connectivity index (χ4n) is 13.5. The van der Waals surface area contributed by atoms with Gasteiger partial charge in [0.25, 0.3) is 0 Å². The van der Waals surface area contributed by atoms with E-state index in [4.69, 9.17) is 23.7 Å². The van der Waals surface area contributed by atoms with E-state index < -0.39 is 102 Å². The maximum atomic E-state index is 13.0. The highest BCUT2D eigenvalue weighted by Gasteiger charge is 2.70. The molecule has 0 aromatic heterocycles. The monoisotopic (exact) mass is 824 g/mol. The maximum Gasteiger partial charge on any atom is 0.310 e. The molecule has 0 bridgehead atoms. The predicted molar refractivity (Wildman–Crippen MR) is 204 cm³/mol. The second kappa shape index (κ2) is 15.2.